The lowest BCUT2D eigenvalue weighted by molar-refractivity contribution is 0.121. The van der Waals surface area contributed by atoms with Crippen LogP contribution in [0.5, 0.6) is 0 Å². The molecule has 0 radical (unpaired) electrons. The predicted octanol–water partition coefficient (Wildman–Crippen LogP) is 4.32. The number of anilines is 1. The van der Waals surface area contributed by atoms with Crippen LogP contribution in [0.2, 0.25) is 0 Å². The lowest BCUT2D eigenvalue weighted by Crippen LogP contribution is -2.39. The summed E-state index contributed by atoms with van der Waals surface area (Å²) in [6.45, 7) is 2.51. The molecule has 1 aliphatic rings. The van der Waals surface area contributed by atoms with Crippen LogP contribution in [0.1, 0.15) is 11.5 Å². The highest BCUT2D eigenvalue weighted by Gasteiger charge is 2.38. The molecule has 6 heteroatoms. The predicted molar refractivity (Wildman–Crippen MR) is 134 cm³/mol. The SMILES string of the molecule is O=P(c1ccccc1)(c1ccccc1)c1nc(C=Cc2ccccc2)oc1N1CCOCC1. The summed E-state index contributed by atoms with van der Waals surface area (Å²) < 4.78 is 26.8. The Labute approximate surface area is 193 Å². The zero-order chi connectivity index (χ0) is 22.5. The van der Waals surface area contributed by atoms with E-state index in [0.717, 1.165) is 16.2 Å². The first kappa shape index (κ1) is 21.4. The lowest BCUT2D eigenvalue weighted by Gasteiger charge is -2.28. The smallest absolute Gasteiger partial charge is 0.228 e. The normalized spacial score (nSPS) is 14.6. The molecule has 3 aromatic carbocycles. The molecule has 0 N–H and O–H groups in total. The minimum atomic E-state index is -3.28. The van der Waals surface area contributed by atoms with E-state index >= 15 is 0 Å². The summed E-state index contributed by atoms with van der Waals surface area (Å²) in [6.07, 6.45) is 3.79. The van der Waals surface area contributed by atoms with Crippen LogP contribution in [0.3, 0.4) is 0 Å². The van der Waals surface area contributed by atoms with Gasteiger partial charge in [-0.05, 0) is 11.6 Å². The molecule has 1 aliphatic heterocycles. The van der Waals surface area contributed by atoms with Crippen LogP contribution in [0.25, 0.3) is 12.2 Å². The second-order valence-electron chi connectivity index (χ2n) is 7.80. The number of rotatable bonds is 6. The monoisotopic (exact) mass is 456 g/mol. The van der Waals surface area contributed by atoms with Crippen molar-refractivity contribution in [1.29, 1.82) is 0 Å². The van der Waals surface area contributed by atoms with Gasteiger partial charge < -0.3 is 18.6 Å². The van der Waals surface area contributed by atoms with Gasteiger partial charge in [0.1, 0.15) is 0 Å². The van der Waals surface area contributed by atoms with Gasteiger partial charge in [-0.25, -0.2) is 4.98 Å². The van der Waals surface area contributed by atoms with Crippen molar-refractivity contribution in [2.75, 3.05) is 31.2 Å². The summed E-state index contributed by atoms with van der Waals surface area (Å²) in [5.41, 5.74) is 1.52. The van der Waals surface area contributed by atoms with E-state index in [1.165, 1.54) is 0 Å². The summed E-state index contributed by atoms with van der Waals surface area (Å²) in [7, 11) is -3.28. The average Bonchev–Trinajstić information content (AvgIpc) is 3.34. The van der Waals surface area contributed by atoms with Gasteiger partial charge >= 0.3 is 0 Å². The first-order chi connectivity index (χ1) is 16.2. The molecule has 5 rings (SSSR count). The van der Waals surface area contributed by atoms with E-state index in [2.05, 4.69) is 4.90 Å². The minimum absolute atomic E-state index is 0.433. The van der Waals surface area contributed by atoms with Crippen molar-refractivity contribution >= 4 is 41.2 Å². The van der Waals surface area contributed by atoms with Crippen LogP contribution < -0.4 is 20.9 Å². The van der Waals surface area contributed by atoms with E-state index in [-0.39, 0.29) is 0 Å². The Kier molecular flexibility index (Phi) is 6.25. The summed E-state index contributed by atoms with van der Waals surface area (Å²) >= 11 is 0. The van der Waals surface area contributed by atoms with Gasteiger partial charge in [-0.2, -0.15) is 0 Å². The van der Waals surface area contributed by atoms with Gasteiger partial charge in [0.15, 0.2) is 12.6 Å². The molecular weight excluding hydrogens is 431 g/mol. The van der Waals surface area contributed by atoms with E-state index in [0.29, 0.717) is 43.5 Å². The van der Waals surface area contributed by atoms with Crippen LogP contribution in [0, 0.1) is 0 Å². The van der Waals surface area contributed by atoms with Crippen LogP contribution in [0.4, 0.5) is 5.88 Å². The molecule has 4 aromatic rings. The highest BCUT2D eigenvalue weighted by Crippen LogP contribution is 2.45. The lowest BCUT2D eigenvalue weighted by atomic mass is 10.2. The van der Waals surface area contributed by atoms with Gasteiger partial charge in [0.2, 0.25) is 11.8 Å². The topological polar surface area (TPSA) is 55.6 Å². The number of oxazole rings is 1. The van der Waals surface area contributed by atoms with Crippen molar-refractivity contribution in [3.63, 3.8) is 0 Å². The number of morpholine rings is 1. The van der Waals surface area contributed by atoms with Crippen molar-refractivity contribution < 1.29 is 13.7 Å². The van der Waals surface area contributed by atoms with Crippen molar-refractivity contribution in [2.45, 2.75) is 0 Å². The first-order valence-electron chi connectivity index (χ1n) is 11.0. The summed E-state index contributed by atoms with van der Waals surface area (Å²) in [4.78, 5) is 6.91. The van der Waals surface area contributed by atoms with Crippen LogP contribution in [-0.4, -0.2) is 31.3 Å². The van der Waals surface area contributed by atoms with Crippen molar-refractivity contribution in [3.8, 4) is 0 Å². The number of aromatic nitrogens is 1. The molecule has 33 heavy (non-hydrogen) atoms. The van der Waals surface area contributed by atoms with Gasteiger partial charge in [0.25, 0.3) is 0 Å². The van der Waals surface area contributed by atoms with Crippen molar-refractivity contribution in [3.05, 3.63) is 102 Å². The Morgan fingerprint density at radius 1 is 0.758 bits per heavy atom. The molecule has 0 amide bonds. The van der Waals surface area contributed by atoms with E-state index in [1.54, 1.807) is 0 Å². The standard InChI is InChI=1S/C27H25N2O3P/c30-33(23-12-6-2-7-13-23,24-14-8-3-9-15-24)26-27(29-18-20-31-21-19-29)32-25(28-26)17-16-22-10-4-1-5-11-22/h1-17H,18-21H2. The summed E-state index contributed by atoms with van der Waals surface area (Å²) in [6, 6.07) is 29.1. The third kappa shape index (κ3) is 4.43. The Balaban J connectivity index is 1.67. The molecule has 5 nitrogen and oxygen atoms in total. The zero-order valence-corrected chi connectivity index (χ0v) is 19.1. The summed E-state index contributed by atoms with van der Waals surface area (Å²) in [5.74, 6) is 0.990. The van der Waals surface area contributed by atoms with Crippen molar-refractivity contribution in [1.82, 2.24) is 4.98 Å². The third-order valence-corrected chi connectivity index (χ3v) is 8.60. The van der Waals surface area contributed by atoms with E-state index < -0.39 is 7.14 Å². The highest BCUT2D eigenvalue weighted by atomic mass is 31.2. The number of hydrogen-bond donors (Lipinski definition) is 0. The van der Waals surface area contributed by atoms with Crippen molar-refractivity contribution in [2.24, 2.45) is 0 Å². The Bertz CT molecular complexity index is 1220. The van der Waals surface area contributed by atoms with E-state index in [9.17, 15) is 4.57 Å². The Morgan fingerprint density at radius 2 is 1.30 bits per heavy atom. The number of ether oxygens (including phenoxy) is 1. The molecule has 2 heterocycles. The number of nitrogens with zero attached hydrogens (tertiary/aromatic N) is 2. The largest absolute Gasteiger partial charge is 0.420 e. The van der Waals surface area contributed by atoms with Gasteiger partial charge in [0.05, 0.1) is 13.2 Å². The molecule has 0 bridgehead atoms. The zero-order valence-electron chi connectivity index (χ0n) is 18.2. The van der Waals surface area contributed by atoms with Gasteiger partial charge in [-0.3, -0.25) is 0 Å². The molecular formula is C27H25N2O3P. The molecule has 1 fully saturated rings. The molecule has 0 atom stereocenters. The van der Waals surface area contributed by atoms with Gasteiger partial charge in [0, 0.05) is 29.8 Å². The maximum atomic E-state index is 15.0. The van der Waals surface area contributed by atoms with Crippen LogP contribution in [-0.2, 0) is 9.30 Å². The molecule has 166 valence electrons. The molecule has 0 aliphatic carbocycles. The highest BCUT2D eigenvalue weighted by molar-refractivity contribution is 7.85. The second kappa shape index (κ2) is 9.62. The number of hydrogen-bond acceptors (Lipinski definition) is 5. The Hall–Kier alpha value is -3.40. The van der Waals surface area contributed by atoms with E-state index in [4.69, 9.17) is 14.1 Å². The fraction of sp³-hybridized carbons (Fsp3) is 0.148. The second-order valence-corrected chi connectivity index (χ2v) is 10.5. The molecule has 0 spiro atoms. The van der Waals surface area contributed by atoms with E-state index in [1.807, 2.05) is 103 Å². The van der Waals surface area contributed by atoms with Crippen LogP contribution in [0.15, 0.2) is 95.4 Å². The molecule has 1 saturated heterocycles. The summed E-state index contributed by atoms with van der Waals surface area (Å²) in [5, 5.41) is 1.47. The molecule has 0 saturated carbocycles. The maximum Gasteiger partial charge on any atom is 0.228 e. The first-order valence-corrected chi connectivity index (χ1v) is 12.7. The minimum Gasteiger partial charge on any atom is -0.420 e. The third-order valence-electron chi connectivity index (χ3n) is 5.66. The molecule has 0 unspecified atom stereocenters. The average molecular weight is 456 g/mol. The number of benzene rings is 3. The quantitative estimate of drug-likeness (QED) is 0.405. The maximum absolute atomic E-state index is 15.0. The van der Waals surface area contributed by atoms with Gasteiger partial charge in [-0.1, -0.05) is 91.0 Å². The fourth-order valence-electron chi connectivity index (χ4n) is 3.97. The Morgan fingerprint density at radius 3 is 1.88 bits per heavy atom. The van der Waals surface area contributed by atoms with Crippen LogP contribution >= 0.6 is 7.14 Å². The molecule has 1 aromatic heterocycles. The van der Waals surface area contributed by atoms with Gasteiger partial charge in [-0.15, -0.1) is 0 Å². The fourth-order valence-corrected chi connectivity index (χ4v) is 6.64.